The second-order valence-electron chi connectivity index (χ2n) is 6.17. The van der Waals surface area contributed by atoms with Gasteiger partial charge < -0.3 is 15.7 Å². The summed E-state index contributed by atoms with van der Waals surface area (Å²) in [4.78, 5) is 9.21. The Labute approximate surface area is 144 Å². The molecule has 3 N–H and O–H groups in total. The van der Waals surface area contributed by atoms with E-state index < -0.39 is 0 Å². The van der Waals surface area contributed by atoms with Crippen molar-refractivity contribution in [3.63, 3.8) is 0 Å². The van der Waals surface area contributed by atoms with Gasteiger partial charge in [-0.25, -0.2) is 9.97 Å². The highest BCUT2D eigenvalue weighted by atomic mass is 32.1. The number of nitrogens with zero attached hydrogens (tertiary/aromatic N) is 2. The molecule has 1 saturated carbocycles. The molecule has 5 nitrogen and oxygen atoms in total. The molecule has 0 spiro atoms. The van der Waals surface area contributed by atoms with Crippen LogP contribution in [0.5, 0.6) is 0 Å². The SMILES string of the molecule is OC1CCC(Nc2cccc(Nc3nc4ccccc4s3)n2)CC1. The number of nitrogens with one attached hydrogen (secondary N) is 2. The third-order valence-corrected chi connectivity index (χ3v) is 5.28. The molecule has 0 bridgehead atoms. The van der Waals surface area contributed by atoms with Crippen molar-refractivity contribution in [2.75, 3.05) is 10.6 Å². The lowest BCUT2D eigenvalue weighted by Crippen LogP contribution is -2.28. The molecule has 0 saturated heterocycles. The molecule has 2 aromatic heterocycles. The van der Waals surface area contributed by atoms with Crippen LogP contribution in [-0.2, 0) is 0 Å². The van der Waals surface area contributed by atoms with Crippen molar-refractivity contribution in [3.05, 3.63) is 42.5 Å². The predicted molar refractivity (Wildman–Crippen MR) is 99.0 cm³/mol. The highest BCUT2D eigenvalue weighted by Crippen LogP contribution is 2.28. The minimum Gasteiger partial charge on any atom is -0.393 e. The summed E-state index contributed by atoms with van der Waals surface area (Å²) < 4.78 is 1.16. The number of anilines is 3. The Morgan fingerprint density at radius 3 is 2.54 bits per heavy atom. The lowest BCUT2D eigenvalue weighted by molar-refractivity contribution is 0.126. The van der Waals surface area contributed by atoms with E-state index in [9.17, 15) is 5.11 Å². The van der Waals surface area contributed by atoms with Gasteiger partial charge in [0.25, 0.3) is 0 Å². The van der Waals surface area contributed by atoms with Gasteiger partial charge in [-0.15, -0.1) is 0 Å². The Kier molecular flexibility index (Phi) is 4.32. The van der Waals surface area contributed by atoms with Crippen molar-refractivity contribution in [1.29, 1.82) is 0 Å². The van der Waals surface area contributed by atoms with Crippen molar-refractivity contribution in [2.45, 2.75) is 37.8 Å². The topological polar surface area (TPSA) is 70.1 Å². The number of aliphatic hydroxyl groups is 1. The van der Waals surface area contributed by atoms with E-state index in [0.717, 1.165) is 52.7 Å². The number of aromatic nitrogens is 2. The molecule has 1 aromatic carbocycles. The molecule has 1 aliphatic rings. The first-order valence-electron chi connectivity index (χ1n) is 8.30. The first-order chi connectivity index (χ1) is 11.8. The van der Waals surface area contributed by atoms with Crippen LogP contribution in [-0.4, -0.2) is 27.2 Å². The number of fused-ring (bicyclic) bond motifs is 1. The third kappa shape index (κ3) is 3.49. The lowest BCUT2D eigenvalue weighted by atomic mass is 9.93. The van der Waals surface area contributed by atoms with Crippen LogP contribution in [0.1, 0.15) is 25.7 Å². The molecule has 3 aromatic rings. The zero-order valence-electron chi connectivity index (χ0n) is 13.3. The van der Waals surface area contributed by atoms with Crippen LogP contribution >= 0.6 is 11.3 Å². The van der Waals surface area contributed by atoms with Gasteiger partial charge in [-0.3, -0.25) is 0 Å². The highest BCUT2D eigenvalue weighted by molar-refractivity contribution is 7.22. The molecular formula is C18H20N4OS. The number of benzene rings is 1. The maximum Gasteiger partial charge on any atom is 0.189 e. The van der Waals surface area contributed by atoms with Crippen LogP contribution in [0.3, 0.4) is 0 Å². The van der Waals surface area contributed by atoms with E-state index in [1.807, 2.05) is 36.4 Å². The molecule has 0 amide bonds. The molecule has 6 heteroatoms. The number of hydrogen-bond acceptors (Lipinski definition) is 6. The van der Waals surface area contributed by atoms with Crippen molar-refractivity contribution in [2.24, 2.45) is 0 Å². The minimum atomic E-state index is -0.136. The van der Waals surface area contributed by atoms with Gasteiger partial charge in [-0.2, -0.15) is 0 Å². The van der Waals surface area contributed by atoms with Gasteiger partial charge in [0.1, 0.15) is 11.6 Å². The first kappa shape index (κ1) is 15.4. The van der Waals surface area contributed by atoms with Crippen LogP contribution in [0.25, 0.3) is 10.2 Å². The molecule has 0 unspecified atom stereocenters. The number of aliphatic hydroxyl groups excluding tert-OH is 1. The normalized spacial score (nSPS) is 20.9. The smallest absolute Gasteiger partial charge is 0.189 e. The molecule has 2 heterocycles. The average molecular weight is 340 g/mol. The quantitative estimate of drug-likeness (QED) is 0.665. The fourth-order valence-corrected chi connectivity index (χ4v) is 3.92. The predicted octanol–water partition coefficient (Wildman–Crippen LogP) is 4.15. The van der Waals surface area contributed by atoms with Crippen LogP contribution in [0.4, 0.5) is 16.8 Å². The maximum atomic E-state index is 9.60. The molecule has 4 rings (SSSR count). The van der Waals surface area contributed by atoms with E-state index in [0.29, 0.717) is 6.04 Å². The van der Waals surface area contributed by atoms with Crippen molar-refractivity contribution < 1.29 is 5.11 Å². The van der Waals surface area contributed by atoms with Crippen LogP contribution < -0.4 is 10.6 Å². The molecular weight excluding hydrogens is 320 g/mol. The summed E-state index contributed by atoms with van der Waals surface area (Å²) in [5, 5.41) is 17.2. The summed E-state index contributed by atoms with van der Waals surface area (Å²) in [6.45, 7) is 0. The van der Waals surface area contributed by atoms with Crippen LogP contribution in [0.15, 0.2) is 42.5 Å². The summed E-state index contributed by atoms with van der Waals surface area (Å²) in [6, 6.07) is 14.4. The summed E-state index contributed by atoms with van der Waals surface area (Å²) in [6.07, 6.45) is 3.56. The Morgan fingerprint density at radius 2 is 1.71 bits per heavy atom. The number of para-hydroxylation sites is 1. The zero-order valence-corrected chi connectivity index (χ0v) is 14.1. The van der Waals surface area contributed by atoms with E-state index in [2.05, 4.69) is 26.7 Å². The van der Waals surface area contributed by atoms with E-state index in [4.69, 9.17) is 0 Å². The lowest BCUT2D eigenvalue weighted by Gasteiger charge is -2.26. The summed E-state index contributed by atoms with van der Waals surface area (Å²) in [7, 11) is 0. The van der Waals surface area contributed by atoms with E-state index in [1.54, 1.807) is 11.3 Å². The number of thiazole rings is 1. The minimum absolute atomic E-state index is 0.136. The average Bonchev–Trinajstić information content (AvgIpc) is 2.99. The van der Waals surface area contributed by atoms with E-state index in [1.165, 1.54) is 0 Å². The molecule has 0 atom stereocenters. The van der Waals surface area contributed by atoms with Gasteiger partial charge in [0.15, 0.2) is 5.13 Å². The largest absolute Gasteiger partial charge is 0.393 e. The van der Waals surface area contributed by atoms with E-state index >= 15 is 0 Å². The third-order valence-electron chi connectivity index (χ3n) is 4.33. The second-order valence-corrected chi connectivity index (χ2v) is 7.20. The Morgan fingerprint density at radius 1 is 0.917 bits per heavy atom. The fourth-order valence-electron chi connectivity index (χ4n) is 3.05. The van der Waals surface area contributed by atoms with Gasteiger partial charge >= 0.3 is 0 Å². The van der Waals surface area contributed by atoms with Crippen molar-refractivity contribution in [3.8, 4) is 0 Å². The van der Waals surface area contributed by atoms with Crippen molar-refractivity contribution in [1.82, 2.24) is 9.97 Å². The van der Waals surface area contributed by atoms with Gasteiger partial charge in [0.2, 0.25) is 0 Å². The Bertz CT molecular complexity index is 794. The van der Waals surface area contributed by atoms with Crippen LogP contribution in [0, 0.1) is 0 Å². The highest BCUT2D eigenvalue weighted by Gasteiger charge is 2.19. The number of rotatable bonds is 4. The Hall–Kier alpha value is -2.18. The molecule has 0 aliphatic heterocycles. The second kappa shape index (κ2) is 6.75. The molecule has 1 fully saturated rings. The Balaban J connectivity index is 1.46. The first-order valence-corrected chi connectivity index (χ1v) is 9.12. The molecule has 0 radical (unpaired) electrons. The van der Waals surface area contributed by atoms with Gasteiger partial charge in [0, 0.05) is 6.04 Å². The molecule has 24 heavy (non-hydrogen) atoms. The van der Waals surface area contributed by atoms with Gasteiger partial charge in [-0.1, -0.05) is 29.5 Å². The summed E-state index contributed by atoms with van der Waals surface area (Å²) in [5.41, 5.74) is 1.00. The molecule has 124 valence electrons. The number of pyridine rings is 1. The zero-order chi connectivity index (χ0) is 16.4. The van der Waals surface area contributed by atoms with Gasteiger partial charge in [0.05, 0.1) is 16.3 Å². The maximum absolute atomic E-state index is 9.60. The summed E-state index contributed by atoms with van der Waals surface area (Å²) in [5.74, 6) is 1.65. The monoisotopic (exact) mass is 340 g/mol. The fraction of sp³-hybridized carbons (Fsp3) is 0.333. The van der Waals surface area contributed by atoms with E-state index in [-0.39, 0.29) is 6.10 Å². The molecule has 1 aliphatic carbocycles. The summed E-state index contributed by atoms with van der Waals surface area (Å²) >= 11 is 1.62. The van der Waals surface area contributed by atoms with Gasteiger partial charge in [-0.05, 0) is 49.9 Å². The van der Waals surface area contributed by atoms with Crippen molar-refractivity contribution >= 4 is 38.3 Å². The van der Waals surface area contributed by atoms with Crippen LogP contribution in [0.2, 0.25) is 0 Å². The standard InChI is InChI=1S/C18H20N4OS/c23-13-10-8-12(9-11-13)19-16-6-3-7-17(21-16)22-18-20-14-4-1-2-5-15(14)24-18/h1-7,12-13,23H,8-11H2,(H2,19,20,21,22). The number of hydrogen-bond donors (Lipinski definition) is 3.